The smallest absolute Gasteiger partial charge is 0.270 e. The van der Waals surface area contributed by atoms with Gasteiger partial charge in [0.2, 0.25) is 0 Å². The van der Waals surface area contributed by atoms with Gasteiger partial charge in [0.15, 0.2) is 0 Å². The lowest BCUT2D eigenvalue weighted by molar-refractivity contribution is -0.122. The van der Waals surface area contributed by atoms with E-state index in [1.54, 1.807) is 24.9 Å². The molecule has 1 amide bonds. The van der Waals surface area contributed by atoms with Gasteiger partial charge in [-0.15, -0.1) is 0 Å². The molecule has 7 nitrogen and oxygen atoms in total. The van der Waals surface area contributed by atoms with Crippen LogP contribution in [0.25, 0.3) is 6.08 Å². The van der Waals surface area contributed by atoms with Crippen molar-refractivity contribution in [3.8, 4) is 6.07 Å². The number of thiocarbonyl (C=S) groups is 1. The molecule has 0 unspecified atom stereocenters. The van der Waals surface area contributed by atoms with Crippen molar-refractivity contribution in [1.29, 1.82) is 5.26 Å². The number of hydrogen-bond acceptors (Lipinski definition) is 7. The Kier molecular flexibility index (Phi) is 6.94. The molecule has 9 heteroatoms. The Bertz CT molecular complexity index is 1270. The summed E-state index contributed by atoms with van der Waals surface area (Å²) in [4.78, 5) is 30.4. The number of pyridine rings is 1. The number of benzene rings is 1. The first kappa shape index (κ1) is 24.2. The van der Waals surface area contributed by atoms with E-state index in [9.17, 15) is 14.9 Å². The van der Waals surface area contributed by atoms with E-state index in [-0.39, 0.29) is 29.2 Å². The van der Waals surface area contributed by atoms with Crippen LogP contribution < -0.4 is 10.5 Å². The SMILES string of the molecule is Cc1c(/C=C2\SC(=S)N(Cc3ccccc3)C2=O)c(N2C[C@@H](C)O[C@@H](C)C2)n(C)c(=O)c1C#N. The summed E-state index contributed by atoms with van der Waals surface area (Å²) in [6, 6.07) is 11.7. The van der Waals surface area contributed by atoms with Crippen molar-refractivity contribution in [2.45, 2.75) is 39.5 Å². The zero-order valence-corrected chi connectivity index (χ0v) is 21.2. The van der Waals surface area contributed by atoms with Gasteiger partial charge >= 0.3 is 0 Å². The molecule has 1 aromatic carbocycles. The fraction of sp³-hybridized carbons (Fsp3) is 0.360. The van der Waals surface area contributed by atoms with Crippen molar-refractivity contribution < 1.29 is 9.53 Å². The predicted molar refractivity (Wildman–Crippen MR) is 139 cm³/mol. The van der Waals surface area contributed by atoms with Crippen molar-refractivity contribution >= 4 is 46.1 Å². The Morgan fingerprint density at radius 1 is 1.21 bits per heavy atom. The number of rotatable bonds is 4. The van der Waals surface area contributed by atoms with Gasteiger partial charge in [0, 0.05) is 25.7 Å². The lowest BCUT2D eigenvalue weighted by Crippen LogP contribution is -2.47. The highest BCUT2D eigenvalue weighted by atomic mass is 32.2. The lowest BCUT2D eigenvalue weighted by atomic mass is 10.0. The van der Waals surface area contributed by atoms with Crippen LogP contribution >= 0.6 is 24.0 Å². The van der Waals surface area contributed by atoms with Gasteiger partial charge in [0.25, 0.3) is 11.5 Å². The van der Waals surface area contributed by atoms with Gasteiger partial charge in [0.05, 0.1) is 23.7 Å². The van der Waals surface area contributed by atoms with E-state index in [4.69, 9.17) is 17.0 Å². The Balaban J connectivity index is 1.80. The summed E-state index contributed by atoms with van der Waals surface area (Å²) in [5.41, 5.74) is 1.95. The van der Waals surface area contributed by atoms with E-state index in [0.717, 1.165) is 5.56 Å². The maximum absolute atomic E-state index is 13.3. The summed E-state index contributed by atoms with van der Waals surface area (Å²) >= 11 is 6.76. The zero-order valence-electron chi connectivity index (χ0n) is 19.6. The highest BCUT2D eigenvalue weighted by molar-refractivity contribution is 8.26. The lowest BCUT2D eigenvalue weighted by Gasteiger charge is -2.38. The average molecular weight is 495 g/mol. The second-order valence-corrected chi connectivity index (χ2v) is 10.3. The van der Waals surface area contributed by atoms with E-state index < -0.39 is 0 Å². The minimum Gasteiger partial charge on any atom is -0.372 e. The van der Waals surface area contributed by atoms with Crippen molar-refractivity contribution in [1.82, 2.24) is 9.47 Å². The Morgan fingerprint density at radius 2 is 1.85 bits per heavy atom. The van der Waals surface area contributed by atoms with E-state index >= 15 is 0 Å². The summed E-state index contributed by atoms with van der Waals surface area (Å²) in [5.74, 6) is 0.497. The van der Waals surface area contributed by atoms with E-state index in [1.165, 1.54) is 16.3 Å². The summed E-state index contributed by atoms with van der Waals surface area (Å²) in [6.07, 6.45) is 1.73. The molecule has 2 fully saturated rings. The topological polar surface area (TPSA) is 78.6 Å². The van der Waals surface area contributed by atoms with Crippen molar-refractivity contribution in [3.63, 3.8) is 0 Å². The average Bonchev–Trinajstić information content (AvgIpc) is 3.05. The van der Waals surface area contributed by atoms with Crippen LogP contribution in [-0.4, -0.2) is 45.0 Å². The van der Waals surface area contributed by atoms with Crippen LogP contribution in [0.2, 0.25) is 0 Å². The number of carbonyl (C=O) groups excluding carboxylic acids is 1. The number of hydrogen-bond donors (Lipinski definition) is 0. The highest BCUT2D eigenvalue weighted by Crippen LogP contribution is 2.36. The minimum absolute atomic E-state index is 0.0215. The van der Waals surface area contributed by atoms with Gasteiger partial charge in [-0.1, -0.05) is 54.3 Å². The molecule has 2 aromatic rings. The van der Waals surface area contributed by atoms with Crippen LogP contribution in [0.1, 0.15) is 36.1 Å². The fourth-order valence-corrected chi connectivity index (χ4v) is 5.72. The Hall–Kier alpha value is -2.93. The first-order valence-electron chi connectivity index (χ1n) is 11.0. The van der Waals surface area contributed by atoms with Gasteiger partial charge in [-0.05, 0) is 38.0 Å². The number of carbonyl (C=O) groups is 1. The fourth-order valence-electron chi connectivity index (χ4n) is 4.48. The third-order valence-corrected chi connectivity index (χ3v) is 7.40. The molecule has 34 heavy (non-hydrogen) atoms. The molecule has 0 bridgehead atoms. The number of morpholine rings is 1. The molecule has 2 aliphatic rings. The van der Waals surface area contributed by atoms with Crippen molar-refractivity contribution in [3.05, 3.63) is 67.8 Å². The second-order valence-electron chi connectivity index (χ2n) is 8.63. The molecule has 176 valence electrons. The van der Waals surface area contributed by atoms with Crippen molar-refractivity contribution in [2.75, 3.05) is 18.0 Å². The van der Waals surface area contributed by atoms with E-state index in [1.807, 2.05) is 50.2 Å². The molecule has 2 atom stereocenters. The maximum Gasteiger partial charge on any atom is 0.270 e. The number of aromatic nitrogens is 1. The zero-order chi connectivity index (χ0) is 24.6. The molecule has 0 aliphatic carbocycles. The van der Waals surface area contributed by atoms with Crippen LogP contribution in [0, 0.1) is 18.3 Å². The van der Waals surface area contributed by atoms with Gasteiger partial charge < -0.3 is 9.64 Å². The number of anilines is 1. The minimum atomic E-state index is -0.351. The first-order chi connectivity index (χ1) is 16.2. The van der Waals surface area contributed by atoms with Crippen LogP contribution in [0.3, 0.4) is 0 Å². The molecule has 0 spiro atoms. The molecule has 2 saturated heterocycles. The molecule has 3 heterocycles. The number of nitrogens with zero attached hydrogens (tertiary/aromatic N) is 4. The quantitative estimate of drug-likeness (QED) is 0.475. The molecule has 0 N–H and O–H groups in total. The molecular formula is C25H26N4O3S2. The molecule has 1 aromatic heterocycles. The summed E-state index contributed by atoms with van der Waals surface area (Å²) in [5, 5.41) is 9.68. The van der Waals surface area contributed by atoms with E-state index in [0.29, 0.717) is 45.8 Å². The molecular weight excluding hydrogens is 468 g/mol. The van der Waals surface area contributed by atoms with Crippen molar-refractivity contribution in [2.24, 2.45) is 7.05 Å². The summed E-state index contributed by atoms with van der Waals surface area (Å²) < 4.78 is 7.87. The Labute approximate surface area is 208 Å². The van der Waals surface area contributed by atoms with Crippen LogP contribution in [0.4, 0.5) is 5.82 Å². The molecule has 2 aliphatic heterocycles. The van der Waals surface area contributed by atoms with E-state index in [2.05, 4.69) is 4.90 Å². The summed E-state index contributed by atoms with van der Waals surface area (Å²) in [7, 11) is 1.67. The predicted octanol–water partition coefficient (Wildman–Crippen LogP) is 3.58. The number of amides is 1. The second kappa shape index (κ2) is 9.74. The van der Waals surface area contributed by atoms with Crippen LogP contribution in [0.5, 0.6) is 0 Å². The maximum atomic E-state index is 13.3. The molecule has 4 rings (SSSR count). The number of ether oxygens (including phenoxy) is 1. The van der Waals surface area contributed by atoms with Gasteiger partial charge in [-0.25, -0.2) is 0 Å². The standard InChI is InChI=1S/C25H26N4O3S2/c1-15-12-28(13-16(2)32-15)22-19(17(3)20(11-26)23(30)27(22)4)10-21-24(31)29(25(33)34-21)14-18-8-6-5-7-9-18/h5-10,15-16H,12-14H2,1-4H3/b21-10-/t15-,16+. The largest absolute Gasteiger partial charge is 0.372 e. The van der Waals surface area contributed by atoms with Crippen LogP contribution in [-0.2, 0) is 23.1 Å². The van der Waals surface area contributed by atoms with Crippen LogP contribution in [0.15, 0.2) is 40.0 Å². The normalized spacial score (nSPS) is 21.9. The summed E-state index contributed by atoms with van der Waals surface area (Å²) in [6.45, 7) is 7.33. The highest BCUT2D eigenvalue weighted by Gasteiger charge is 2.34. The third-order valence-electron chi connectivity index (χ3n) is 6.02. The number of nitriles is 1. The first-order valence-corrected chi connectivity index (χ1v) is 12.3. The third kappa shape index (κ3) is 4.53. The van der Waals surface area contributed by atoms with Gasteiger partial charge in [-0.2, -0.15) is 5.26 Å². The monoisotopic (exact) mass is 494 g/mol. The van der Waals surface area contributed by atoms with Gasteiger partial charge in [-0.3, -0.25) is 19.1 Å². The van der Waals surface area contributed by atoms with Gasteiger partial charge in [0.1, 0.15) is 21.8 Å². The number of thioether (sulfide) groups is 1. The molecule has 0 saturated carbocycles. The molecule has 0 radical (unpaired) electrons. The Morgan fingerprint density at radius 3 is 2.47 bits per heavy atom.